The van der Waals surface area contributed by atoms with Crippen LogP contribution in [-0.4, -0.2) is 63.9 Å². The van der Waals surface area contributed by atoms with E-state index in [-0.39, 0.29) is 11.5 Å². The Balaban J connectivity index is 2.07. The maximum absolute atomic E-state index is 13.4. The monoisotopic (exact) mass is 332 g/mol. The van der Waals surface area contributed by atoms with Gasteiger partial charge in [0.15, 0.2) is 0 Å². The summed E-state index contributed by atoms with van der Waals surface area (Å²) < 4.78 is 45.7. The van der Waals surface area contributed by atoms with Crippen LogP contribution in [0.25, 0.3) is 0 Å². The molecule has 1 aromatic carbocycles. The normalized spacial score (nSPS) is 18.3. The Kier molecular flexibility index (Phi) is 5.87. The molecule has 0 amide bonds. The van der Waals surface area contributed by atoms with E-state index < -0.39 is 21.9 Å². The Hall–Kier alpha value is -1.06. The molecule has 1 aliphatic rings. The molecule has 22 heavy (non-hydrogen) atoms. The van der Waals surface area contributed by atoms with Gasteiger partial charge in [0, 0.05) is 19.6 Å². The Morgan fingerprint density at radius 2 is 2.05 bits per heavy atom. The maximum atomic E-state index is 13.4. The van der Waals surface area contributed by atoms with Crippen LogP contribution in [-0.2, 0) is 14.8 Å². The zero-order valence-corrected chi connectivity index (χ0v) is 13.3. The summed E-state index contributed by atoms with van der Waals surface area (Å²) in [6, 6.07) is 2.98. The molecule has 1 aliphatic heterocycles. The fourth-order valence-corrected chi connectivity index (χ4v) is 3.71. The molecule has 1 saturated heterocycles. The van der Waals surface area contributed by atoms with Gasteiger partial charge in [0.25, 0.3) is 0 Å². The number of nitrogens with zero attached hydrogens (tertiary/aromatic N) is 1. The van der Waals surface area contributed by atoms with E-state index in [1.165, 1.54) is 12.1 Å². The van der Waals surface area contributed by atoms with Crippen LogP contribution < -0.4 is 4.72 Å². The van der Waals surface area contributed by atoms with Crippen molar-refractivity contribution in [1.82, 2.24) is 9.62 Å². The van der Waals surface area contributed by atoms with Gasteiger partial charge in [-0.05, 0) is 30.7 Å². The molecular weight excluding hydrogens is 311 g/mol. The average Bonchev–Trinajstić information content (AvgIpc) is 2.46. The summed E-state index contributed by atoms with van der Waals surface area (Å²) in [5, 5.41) is 9.42. The predicted molar refractivity (Wildman–Crippen MR) is 79.6 cm³/mol. The van der Waals surface area contributed by atoms with Crippen LogP contribution in [0, 0.1) is 12.7 Å². The van der Waals surface area contributed by atoms with Gasteiger partial charge in [-0.3, -0.25) is 4.90 Å². The molecule has 1 aromatic rings. The highest BCUT2D eigenvalue weighted by molar-refractivity contribution is 7.89. The first-order valence-electron chi connectivity index (χ1n) is 7.11. The molecule has 8 heteroatoms. The molecule has 124 valence electrons. The van der Waals surface area contributed by atoms with Crippen molar-refractivity contribution in [2.75, 3.05) is 39.5 Å². The second kappa shape index (κ2) is 7.47. The van der Waals surface area contributed by atoms with Gasteiger partial charge in [0.05, 0.1) is 30.8 Å². The molecule has 2 N–H and O–H groups in total. The first-order valence-corrected chi connectivity index (χ1v) is 8.59. The lowest BCUT2D eigenvalue weighted by Crippen LogP contribution is -2.48. The fourth-order valence-electron chi connectivity index (χ4n) is 2.37. The lowest BCUT2D eigenvalue weighted by molar-refractivity contribution is 0.0314. The number of nitrogens with one attached hydrogen (secondary N) is 1. The molecule has 1 atom stereocenters. The van der Waals surface area contributed by atoms with E-state index in [1.54, 1.807) is 6.92 Å². The fraction of sp³-hybridized carbons (Fsp3) is 0.571. The summed E-state index contributed by atoms with van der Waals surface area (Å²) in [7, 11) is -3.88. The average molecular weight is 332 g/mol. The molecule has 2 rings (SSSR count). The van der Waals surface area contributed by atoms with Gasteiger partial charge in [-0.2, -0.15) is 0 Å². The molecule has 1 heterocycles. The quantitative estimate of drug-likeness (QED) is 0.773. The first kappa shape index (κ1) is 17.3. The van der Waals surface area contributed by atoms with Gasteiger partial charge in [-0.25, -0.2) is 17.5 Å². The standard InChI is InChI=1S/C14H21FN2O4S/c1-11-6-12(15)8-14(7-11)22(19,20)16-13(10-18)9-17-2-4-21-5-3-17/h6-8,13,16,18H,2-5,9-10H2,1H3. The summed E-state index contributed by atoms with van der Waals surface area (Å²) >= 11 is 0. The molecule has 0 spiro atoms. The van der Waals surface area contributed by atoms with Crippen molar-refractivity contribution in [3.05, 3.63) is 29.6 Å². The number of ether oxygens (including phenoxy) is 1. The number of sulfonamides is 1. The van der Waals surface area contributed by atoms with Crippen molar-refractivity contribution in [3.8, 4) is 0 Å². The first-order chi connectivity index (χ1) is 10.4. The lowest BCUT2D eigenvalue weighted by Gasteiger charge is -2.30. The van der Waals surface area contributed by atoms with Crippen molar-refractivity contribution in [3.63, 3.8) is 0 Å². The van der Waals surface area contributed by atoms with Gasteiger partial charge >= 0.3 is 0 Å². The second-order valence-electron chi connectivity index (χ2n) is 5.38. The van der Waals surface area contributed by atoms with Gasteiger partial charge in [0.2, 0.25) is 10.0 Å². The van der Waals surface area contributed by atoms with Crippen molar-refractivity contribution >= 4 is 10.0 Å². The zero-order chi connectivity index (χ0) is 16.2. The number of morpholine rings is 1. The van der Waals surface area contributed by atoms with Crippen molar-refractivity contribution in [1.29, 1.82) is 0 Å². The van der Waals surface area contributed by atoms with E-state index in [2.05, 4.69) is 4.72 Å². The lowest BCUT2D eigenvalue weighted by atomic mass is 10.2. The third-order valence-corrected chi connectivity index (χ3v) is 4.95. The van der Waals surface area contributed by atoms with Crippen LogP contribution in [0.1, 0.15) is 5.56 Å². The van der Waals surface area contributed by atoms with Crippen LogP contribution in [0.4, 0.5) is 4.39 Å². The predicted octanol–water partition coefficient (Wildman–Crippen LogP) is 0.106. The molecule has 6 nitrogen and oxygen atoms in total. The summed E-state index contributed by atoms with van der Waals surface area (Å²) in [4.78, 5) is 1.88. The molecular formula is C14H21FN2O4S. The van der Waals surface area contributed by atoms with Crippen LogP contribution in [0.15, 0.2) is 23.1 Å². The van der Waals surface area contributed by atoms with Crippen molar-refractivity contribution in [2.24, 2.45) is 0 Å². The highest BCUT2D eigenvalue weighted by Crippen LogP contribution is 2.14. The summed E-state index contributed by atoms with van der Waals surface area (Å²) in [5.41, 5.74) is 0.522. The smallest absolute Gasteiger partial charge is 0.241 e. The van der Waals surface area contributed by atoms with Crippen molar-refractivity contribution in [2.45, 2.75) is 17.9 Å². The third kappa shape index (κ3) is 4.72. The summed E-state index contributed by atoms with van der Waals surface area (Å²) in [6.07, 6.45) is 0. The molecule has 0 bridgehead atoms. The molecule has 1 unspecified atom stereocenters. The molecule has 0 radical (unpaired) electrons. The van der Waals surface area contributed by atoms with E-state index in [9.17, 15) is 17.9 Å². The number of benzene rings is 1. The SMILES string of the molecule is Cc1cc(F)cc(S(=O)(=O)NC(CO)CN2CCOCC2)c1. The third-order valence-electron chi connectivity index (χ3n) is 3.45. The Labute approximate surface area is 129 Å². The Morgan fingerprint density at radius 3 is 2.64 bits per heavy atom. The number of rotatable bonds is 6. The molecule has 0 aromatic heterocycles. The van der Waals surface area contributed by atoms with E-state index in [4.69, 9.17) is 4.74 Å². The van der Waals surface area contributed by atoms with Crippen LogP contribution in [0.2, 0.25) is 0 Å². The number of hydrogen-bond donors (Lipinski definition) is 2. The van der Waals surface area contributed by atoms with Crippen LogP contribution in [0.3, 0.4) is 0 Å². The van der Waals surface area contributed by atoms with Crippen LogP contribution >= 0.6 is 0 Å². The Bertz CT molecular complexity index is 583. The molecule has 1 fully saturated rings. The number of aliphatic hydroxyl groups excluding tert-OH is 1. The highest BCUT2D eigenvalue weighted by Gasteiger charge is 2.23. The van der Waals surface area contributed by atoms with E-state index in [0.717, 1.165) is 6.07 Å². The van der Waals surface area contributed by atoms with E-state index >= 15 is 0 Å². The minimum Gasteiger partial charge on any atom is -0.395 e. The number of aliphatic hydroxyl groups is 1. The van der Waals surface area contributed by atoms with Crippen molar-refractivity contribution < 1.29 is 22.7 Å². The maximum Gasteiger partial charge on any atom is 0.241 e. The van der Waals surface area contributed by atoms with E-state index in [1.807, 2.05) is 4.90 Å². The zero-order valence-electron chi connectivity index (χ0n) is 12.5. The summed E-state index contributed by atoms with van der Waals surface area (Å²) in [6.45, 7) is 4.24. The molecule has 0 aliphatic carbocycles. The Morgan fingerprint density at radius 1 is 1.36 bits per heavy atom. The van der Waals surface area contributed by atoms with E-state index in [0.29, 0.717) is 38.4 Å². The summed E-state index contributed by atoms with van der Waals surface area (Å²) in [5.74, 6) is -0.603. The van der Waals surface area contributed by atoms with Crippen LogP contribution in [0.5, 0.6) is 0 Å². The largest absolute Gasteiger partial charge is 0.395 e. The highest BCUT2D eigenvalue weighted by atomic mass is 32.2. The number of aryl methyl sites for hydroxylation is 1. The number of halogens is 1. The van der Waals surface area contributed by atoms with Gasteiger partial charge < -0.3 is 9.84 Å². The molecule has 0 saturated carbocycles. The van der Waals surface area contributed by atoms with Gasteiger partial charge in [0.1, 0.15) is 5.82 Å². The number of hydrogen-bond acceptors (Lipinski definition) is 5. The van der Waals surface area contributed by atoms with Gasteiger partial charge in [-0.15, -0.1) is 0 Å². The van der Waals surface area contributed by atoms with Gasteiger partial charge in [-0.1, -0.05) is 0 Å². The topological polar surface area (TPSA) is 78.9 Å². The second-order valence-corrected chi connectivity index (χ2v) is 7.09. The minimum atomic E-state index is -3.88. The minimum absolute atomic E-state index is 0.134.